The van der Waals surface area contributed by atoms with Crippen molar-refractivity contribution < 1.29 is 23.7 Å². The van der Waals surface area contributed by atoms with Gasteiger partial charge in [-0.25, -0.2) is 0 Å². The molecule has 2 aromatic carbocycles. The number of benzene rings is 2. The molecule has 0 N–H and O–H groups in total. The van der Waals surface area contributed by atoms with Crippen LogP contribution in [0.2, 0.25) is 0 Å². The van der Waals surface area contributed by atoms with E-state index in [-0.39, 0.29) is 23.0 Å². The summed E-state index contributed by atoms with van der Waals surface area (Å²) in [6.45, 7) is 5.51. The molecule has 3 aromatic rings. The number of anilines is 1. The SMILES string of the molecule is Cc1cc(-c2ccc(/C=C3/SC(=O)N(CC(=O)N4CCN(c5ccccc5)CC4)C3=O)o2)cc([N+](=O)[O-])c1C. The number of thioether (sulfide) groups is 1. The first-order valence-electron chi connectivity index (χ1n) is 12.4. The lowest BCUT2D eigenvalue weighted by molar-refractivity contribution is -0.385. The summed E-state index contributed by atoms with van der Waals surface area (Å²) in [7, 11) is 0. The topological polar surface area (TPSA) is 117 Å². The molecule has 3 heterocycles. The van der Waals surface area contributed by atoms with Crippen LogP contribution in [0.5, 0.6) is 0 Å². The van der Waals surface area contributed by atoms with Crippen molar-refractivity contribution in [3.8, 4) is 11.3 Å². The molecule has 5 rings (SSSR count). The number of imide groups is 1. The fourth-order valence-electron chi connectivity index (χ4n) is 4.61. The van der Waals surface area contributed by atoms with Crippen molar-refractivity contribution in [1.82, 2.24) is 9.80 Å². The largest absolute Gasteiger partial charge is 0.457 e. The van der Waals surface area contributed by atoms with Gasteiger partial charge in [0.25, 0.3) is 16.8 Å². The molecule has 0 spiro atoms. The number of aryl methyl sites for hydroxylation is 1. The van der Waals surface area contributed by atoms with Crippen LogP contribution in [0.4, 0.5) is 16.2 Å². The van der Waals surface area contributed by atoms with Gasteiger partial charge in [-0.1, -0.05) is 18.2 Å². The molecule has 2 fully saturated rings. The number of carbonyl (C=O) groups excluding carboxylic acids is 3. The smallest absolute Gasteiger partial charge is 0.294 e. The van der Waals surface area contributed by atoms with Gasteiger partial charge in [0.15, 0.2) is 0 Å². The van der Waals surface area contributed by atoms with E-state index in [1.807, 2.05) is 30.3 Å². The lowest BCUT2D eigenvalue weighted by atomic mass is 10.0. The zero-order chi connectivity index (χ0) is 27.7. The third kappa shape index (κ3) is 5.44. The molecular formula is C28H26N4O6S. The Morgan fingerprint density at radius 2 is 1.77 bits per heavy atom. The number of amides is 3. The molecule has 3 amide bonds. The minimum absolute atomic E-state index is 0.00443. The number of carbonyl (C=O) groups is 3. The summed E-state index contributed by atoms with van der Waals surface area (Å²) in [5.74, 6) is -0.111. The zero-order valence-electron chi connectivity index (χ0n) is 21.5. The maximum Gasteiger partial charge on any atom is 0.294 e. The molecule has 39 heavy (non-hydrogen) atoms. The van der Waals surface area contributed by atoms with E-state index in [1.165, 1.54) is 12.1 Å². The van der Waals surface area contributed by atoms with Crippen LogP contribution in [0.25, 0.3) is 17.4 Å². The summed E-state index contributed by atoms with van der Waals surface area (Å²) in [6.07, 6.45) is 1.45. The van der Waals surface area contributed by atoms with Crippen molar-refractivity contribution in [2.75, 3.05) is 37.6 Å². The molecule has 0 aliphatic carbocycles. The van der Waals surface area contributed by atoms with Gasteiger partial charge in [-0.05, 0) is 61.5 Å². The van der Waals surface area contributed by atoms with Crippen LogP contribution in [-0.4, -0.2) is 64.5 Å². The van der Waals surface area contributed by atoms with Crippen LogP contribution in [0.15, 0.2) is 63.9 Å². The molecule has 1 aromatic heterocycles. The normalized spacial score (nSPS) is 16.9. The number of para-hydroxylation sites is 1. The van der Waals surface area contributed by atoms with E-state index in [4.69, 9.17) is 4.42 Å². The second kappa shape index (κ2) is 10.8. The first kappa shape index (κ1) is 26.2. The third-order valence-corrected chi connectivity index (χ3v) is 7.85. The predicted octanol–water partition coefficient (Wildman–Crippen LogP) is 4.86. The Hall–Kier alpha value is -4.38. The van der Waals surface area contributed by atoms with Crippen molar-refractivity contribution in [1.29, 1.82) is 0 Å². The molecule has 10 nitrogen and oxygen atoms in total. The van der Waals surface area contributed by atoms with E-state index in [9.17, 15) is 24.5 Å². The quantitative estimate of drug-likeness (QED) is 0.245. The van der Waals surface area contributed by atoms with E-state index >= 15 is 0 Å². The molecule has 0 atom stereocenters. The predicted molar refractivity (Wildman–Crippen MR) is 148 cm³/mol. The second-order valence-corrected chi connectivity index (χ2v) is 10.4. The van der Waals surface area contributed by atoms with Crippen LogP contribution in [-0.2, 0) is 9.59 Å². The Bertz CT molecular complexity index is 1490. The van der Waals surface area contributed by atoms with Gasteiger partial charge in [-0.3, -0.25) is 29.4 Å². The molecule has 2 saturated heterocycles. The summed E-state index contributed by atoms with van der Waals surface area (Å²) >= 11 is 0.749. The van der Waals surface area contributed by atoms with E-state index in [2.05, 4.69) is 4.90 Å². The summed E-state index contributed by atoms with van der Waals surface area (Å²) in [4.78, 5) is 54.4. The van der Waals surface area contributed by atoms with Gasteiger partial charge in [0.05, 0.1) is 9.83 Å². The van der Waals surface area contributed by atoms with Gasteiger partial charge in [-0.15, -0.1) is 0 Å². The Kier molecular flexibility index (Phi) is 7.25. The van der Waals surface area contributed by atoms with E-state index in [0.717, 1.165) is 27.9 Å². The Morgan fingerprint density at radius 3 is 2.46 bits per heavy atom. The molecule has 200 valence electrons. The standard InChI is InChI=1S/C28H26N4O6S/c1-18-14-20(15-23(19(18)2)32(36)37)24-9-8-22(38-24)16-25-27(34)31(28(35)39-25)17-26(33)30-12-10-29(11-13-30)21-6-4-3-5-7-21/h3-9,14-16H,10-13,17H2,1-2H3/b25-16+. The van der Waals surface area contributed by atoms with Crippen molar-refractivity contribution >= 4 is 46.3 Å². The van der Waals surface area contributed by atoms with Crippen LogP contribution in [0, 0.1) is 24.0 Å². The van der Waals surface area contributed by atoms with Gasteiger partial charge in [0.2, 0.25) is 5.91 Å². The summed E-state index contributed by atoms with van der Waals surface area (Å²) in [6, 6.07) is 16.5. The molecule has 0 saturated carbocycles. The van der Waals surface area contributed by atoms with Crippen molar-refractivity contribution in [2.45, 2.75) is 13.8 Å². The van der Waals surface area contributed by atoms with Crippen molar-refractivity contribution in [3.05, 3.63) is 86.5 Å². The Morgan fingerprint density at radius 1 is 1.05 bits per heavy atom. The molecule has 0 radical (unpaired) electrons. The molecule has 0 bridgehead atoms. The third-order valence-electron chi connectivity index (χ3n) is 6.94. The van der Waals surface area contributed by atoms with Crippen molar-refractivity contribution in [2.24, 2.45) is 0 Å². The maximum atomic E-state index is 13.0. The first-order valence-corrected chi connectivity index (χ1v) is 13.2. The number of nitrogens with zero attached hydrogens (tertiary/aromatic N) is 4. The minimum atomic E-state index is -0.555. The van der Waals surface area contributed by atoms with Crippen LogP contribution >= 0.6 is 11.8 Å². The van der Waals surface area contributed by atoms with Gasteiger partial charge >= 0.3 is 0 Å². The zero-order valence-corrected chi connectivity index (χ0v) is 22.3. The Labute approximate surface area is 229 Å². The fourth-order valence-corrected chi connectivity index (χ4v) is 5.43. The minimum Gasteiger partial charge on any atom is -0.457 e. The van der Waals surface area contributed by atoms with Crippen LogP contribution < -0.4 is 4.90 Å². The number of piperazine rings is 1. The van der Waals surface area contributed by atoms with E-state index in [0.29, 0.717) is 48.8 Å². The summed E-state index contributed by atoms with van der Waals surface area (Å²) in [5, 5.41) is 10.9. The summed E-state index contributed by atoms with van der Waals surface area (Å²) in [5.41, 5.74) is 2.96. The fraction of sp³-hybridized carbons (Fsp3) is 0.250. The highest BCUT2D eigenvalue weighted by molar-refractivity contribution is 8.18. The lowest BCUT2D eigenvalue weighted by Crippen LogP contribution is -2.51. The van der Waals surface area contributed by atoms with Crippen LogP contribution in [0.1, 0.15) is 16.9 Å². The van der Waals surface area contributed by atoms with Gasteiger partial charge in [0.1, 0.15) is 18.1 Å². The van der Waals surface area contributed by atoms with Gasteiger partial charge in [-0.2, -0.15) is 0 Å². The number of hydrogen-bond donors (Lipinski definition) is 0. The molecule has 0 unspecified atom stereocenters. The highest BCUT2D eigenvalue weighted by Crippen LogP contribution is 2.35. The van der Waals surface area contributed by atoms with Gasteiger partial charge in [0, 0.05) is 55.1 Å². The number of hydrogen-bond acceptors (Lipinski definition) is 8. The molecular weight excluding hydrogens is 520 g/mol. The van der Waals surface area contributed by atoms with Crippen molar-refractivity contribution in [3.63, 3.8) is 0 Å². The number of nitro groups is 1. The average Bonchev–Trinajstić information content (AvgIpc) is 3.50. The lowest BCUT2D eigenvalue weighted by Gasteiger charge is -2.36. The molecule has 11 heteroatoms. The molecule has 2 aliphatic heterocycles. The monoisotopic (exact) mass is 546 g/mol. The first-order chi connectivity index (χ1) is 18.7. The number of nitro benzene ring substituents is 1. The second-order valence-electron chi connectivity index (χ2n) is 9.37. The highest BCUT2D eigenvalue weighted by atomic mass is 32.2. The average molecular weight is 547 g/mol. The molecule has 2 aliphatic rings. The maximum absolute atomic E-state index is 13.0. The summed E-state index contributed by atoms with van der Waals surface area (Å²) < 4.78 is 5.83. The van der Waals surface area contributed by atoms with Crippen LogP contribution in [0.3, 0.4) is 0 Å². The number of furan rings is 1. The Balaban J connectivity index is 1.24. The number of rotatable bonds is 6. The highest BCUT2D eigenvalue weighted by Gasteiger charge is 2.37. The van der Waals surface area contributed by atoms with Gasteiger partial charge < -0.3 is 14.2 Å². The van der Waals surface area contributed by atoms with E-state index in [1.54, 1.807) is 36.9 Å². The van der Waals surface area contributed by atoms with E-state index < -0.39 is 16.1 Å².